The van der Waals surface area contributed by atoms with E-state index in [0.29, 0.717) is 38.4 Å². The van der Waals surface area contributed by atoms with E-state index in [-0.39, 0.29) is 12.1 Å². The highest BCUT2D eigenvalue weighted by molar-refractivity contribution is 7.88. The Bertz CT molecular complexity index is 1150. The van der Waals surface area contributed by atoms with Gasteiger partial charge in [0.1, 0.15) is 5.60 Å². The van der Waals surface area contributed by atoms with Crippen molar-refractivity contribution in [2.75, 3.05) is 25.9 Å². The van der Waals surface area contributed by atoms with E-state index in [2.05, 4.69) is 24.3 Å². The van der Waals surface area contributed by atoms with Gasteiger partial charge >= 0.3 is 6.09 Å². The predicted octanol–water partition coefficient (Wildman–Crippen LogP) is 4.79. The summed E-state index contributed by atoms with van der Waals surface area (Å²) >= 11 is 0. The van der Waals surface area contributed by atoms with Crippen LogP contribution < -0.4 is 0 Å². The summed E-state index contributed by atoms with van der Waals surface area (Å²) < 4.78 is 31.2. The van der Waals surface area contributed by atoms with Crippen LogP contribution in [0.2, 0.25) is 0 Å². The lowest BCUT2D eigenvalue weighted by molar-refractivity contribution is -0.101. The predicted molar refractivity (Wildman–Crippen MR) is 140 cm³/mol. The number of hydrogen-bond donors (Lipinski definition) is 1. The van der Waals surface area contributed by atoms with Crippen LogP contribution in [0.1, 0.15) is 75.1 Å². The maximum atomic E-state index is 13.3. The highest BCUT2D eigenvalue weighted by Crippen LogP contribution is 2.42. The molecule has 2 aliphatic rings. The lowest BCUT2D eigenvalue weighted by Crippen LogP contribution is -2.51. The number of nitrogens with zero attached hydrogens (tertiary/aromatic N) is 2. The number of rotatable bonds is 7. The summed E-state index contributed by atoms with van der Waals surface area (Å²) in [7, 11) is -3.13. The quantitative estimate of drug-likeness (QED) is 0.574. The standard InChI is InChI=1S/C28H38N2O5S/c1-21(22-10-12-23(13-11-22)24-14-17-29(18-15-24)36(4,33)34)30-19-16-28(35-26(30)31,20-27(2,3)32)25-8-6-5-7-9-25/h5-13,21,24,32H,14-20H2,1-4H3. The normalized spacial score (nSPS) is 23.4. The Morgan fingerprint density at radius 2 is 1.67 bits per heavy atom. The van der Waals surface area contributed by atoms with E-state index < -0.39 is 21.2 Å². The first-order valence-corrected chi connectivity index (χ1v) is 14.6. The smallest absolute Gasteiger partial charge is 0.411 e. The van der Waals surface area contributed by atoms with Gasteiger partial charge in [-0.25, -0.2) is 17.5 Å². The van der Waals surface area contributed by atoms with Gasteiger partial charge in [0, 0.05) is 32.5 Å². The van der Waals surface area contributed by atoms with Crippen molar-refractivity contribution in [1.82, 2.24) is 9.21 Å². The number of cyclic esters (lactones) is 1. The zero-order valence-electron chi connectivity index (χ0n) is 21.7. The Morgan fingerprint density at radius 3 is 2.19 bits per heavy atom. The Balaban J connectivity index is 1.44. The van der Waals surface area contributed by atoms with Gasteiger partial charge < -0.3 is 14.7 Å². The van der Waals surface area contributed by atoms with E-state index in [9.17, 15) is 18.3 Å². The van der Waals surface area contributed by atoms with Gasteiger partial charge in [0.2, 0.25) is 10.0 Å². The summed E-state index contributed by atoms with van der Waals surface area (Å²) in [6.07, 6.45) is 3.42. The van der Waals surface area contributed by atoms with Crippen LogP contribution in [0.3, 0.4) is 0 Å². The lowest BCUT2D eigenvalue weighted by atomic mass is 9.80. The second kappa shape index (κ2) is 10.1. The zero-order chi connectivity index (χ0) is 26.1. The molecule has 4 rings (SSSR count). The molecule has 8 heteroatoms. The molecule has 196 valence electrons. The molecule has 0 radical (unpaired) electrons. The number of carbonyl (C=O) groups is 1. The highest BCUT2D eigenvalue weighted by atomic mass is 32.2. The Hall–Kier alpha value is -2.42. The summed E-state index contributed by atoms with van der Waals surface area (Å²) in [5.74, 6) is 0.334. The lowest BCUT2D eigenvalue weighted by Gasteiger charge is -2.45. The van der Waals surface area contributed by atoms with Gasteiger partial charge in [0.15, 0.2) is 0 Å². The van der Waals surface area contributed by atoms with Crippen molar-refractivity contribution in [2.24, 2.45) is 0 Å². The molecule has 2 aliphatic heterocycles. The molecule has 2 aromatic carbocycles. The van der Waals surface area contributed by atoms with E-state index in [4.69, 9.17) is 4.74 Å². The fourth-order valence-electron chi connectivity index (χ4n) is 5.64. The average molecular weight is 515 g/mol. The van der Waals surface area contributed by atoms with Gasteiger partial charge in [-0.15, -0.1) is 0 Å². The minimum absolute atomic E-state index is 0.158. The van der Waals surface area contributed by atoms with Crippen molar-refractivity contribution in [3.05, 3.63) is 71.3 Å². The molecule has 2 fully saturated rings. The molecule has 0 bridgehead atoms. The van der Waals surface area contributed by atoms with E-state index in [1.54, 1.807) is 23.1 Å². The van der Waals surface area contributed by atoms with Gasteiger partial charge in [0.25, 0.3) is 0 Å². The minimum Gasteiger partial charge on any atom is -0.438 e. The SMILES string of the molecule is CC(c1ccc(C2CCN(S(C)(=O)=O)CC2)cc1)N1CCC(CC(C)(C)O)(c2ccccc2)OC1=O. The number of piperidine rings is 1. The zero-order valence-corrected chi connectivity index (χ0v) is 22.5. The van der Waals surface area contributed by atoms with Crippen LogP contribution in [0.25, 0.3) is 0 Å². The van der Waals surface area contributed by atoms with Crippen LogP contribution in [0, 0.1) is 0 Å². The molecular weight excluding hydrogens is 476 g/mol. The molecule has 2 aromatic rings. The number of amides is 1. The first-order valence-electron chi connectivity index (χ1n) is 12.7. The minimum atomic E-state index is -3.13. The van der Waals surface area contributed by atoms with Crippen molar-refractivity contribution in [3.8, 4) is 0 Å². The summed E-state index contributed by atoms with van der Waals surface area (Å²) in [6, 6.07) is 17.9. The summed E-state index contributed by atoms with van der Waals surface area (Å²) in [5, 5.41) is 10.6. The number of hydrogen-bond acceptors (Lipinski definition) is 5. The number of sulfonamides is 1. The van der Waals surface area contributed by atoms with Gasteiger partial charge in [-0.1, -0.05) is 54.6 Å². The van der Waals surface area contributed by atoms with Crippen LogP contribution >= 0.6 is 0 Å². The molecule has 2 atom stereocenters. The summed E-state index contributed by atoms with van der Waals surface area (Å²) in [5.41, 5.74) is 1.28. The largest absolute Gasteiger partial charge is 0.438 e. The molecule has 0 saturated carbocycles. The molecule has 2 unspecified atom stereocenters. The third-order valence-electron chi connectivity index (χ3n) is 7.57. The molecule has 1 N–H and O–H groups in total. The van der Waals surface area contributed by atoms with E-state index in [0.717, 1.165) is 24.0 Å². The Labute approximate surface area is 215 Å². The molecule has 0 aliphatic carbocycles. The van der Waals surface area contributed by atoms with E-state index in [1.165, 1.54) is 11.8 Å². The molecular formula is C28H38N2O5S. The van der Waals surface area contributed by atoms with Gasteiger partial charge in [-0.05, 0) is 56.2 Å². The van der Waals surface area contributed by atoms with Crippen molar-refractivity contribution < 1.29 is 23.1 Å². The second-order valence-electron chi connectivity index (χ2n) is 10.9. The van der Waals surface area contributed by atoms with Crippen molar-refractivity contribution in [1.29, 1.82) is 0 Å². The first kappa shape index (κ1) is 26.6. The fourth-order valence-corrected chi connectivity index (χ4v) is 6.51. The number of benzene rings is 2. The Kier molecular flexibility index (Phi) is 7.51. The third-order valence-corrected chi connectivity index (χ3v) is 8.88. The van der Waals surface area contributed by atoms with Crippen molar-refractivity contribution >= 4 is 16.1 Å². The number of ether oxygens (including phenoxy) is 1. The molecule has 1 amide bonds. The molecule has 7 nitrogen and oxygen atoms in total. The van der Waals surface area contributed by atoms with Crippen LogP contribution in [0.15, 0.2) is 54.6 Å². The second-order valence-corrected chi connectivity index (χ2v) is 12.9. The number of aliphatic hydroxyl groups is 1. The molecule has 2 heterocycles. The third kappa shape index (κ3) is 5.93. The highest BCUT2D eigenvalue weighted by Gasteiger charge is 2.46. The van der Waals surface area contributed by atoms with Crippen LogP contribution in [-0.4, -0.2) is 60.3 Å². The van der Waals surface area contributed by atoms with Gasteiger partial charge in [-0.2, -0.15) is 0 Å². The first-order chi connectivity index (χ1) is 16.9. The van der Waals surface area contributed by atoms with Crippen molar-refractivity contribution in [2.45, 2.75) is 69.6 Å². The Morgan fingerprint density at radius 1 is 1.06 bits per heavy atom. The summed E-state index contributed by atoms with van der Waals surface area (Å²) in [6.45, 7) is 7.12. The van der Waals surface area contributed by atoms with E-state index in [1.807, 2.05) is 37.3 Å². The summed E-state index contributed by atoms with van der Waals surface area (Å²) in [4.78, 5) is 15.0. The fraction of sp³-hybridized carbons (Fsp3) is 0.536. The maximum absolute atomic E-state index is 13.3. The van der Waals surface area contributed by atoms with Crippen LogP contribution in [0.5, 0.6) is 0 Å². The monoisotopic (exact) mass is 514 g/mol. The van der Waals surface area contributed by atoms with Crippen molar-refractivity contribution in [3.63, 3.8) is 0 Å². The molecule has 2 saturated heterocycles. The topological polar surface area (TPSA) is 87.2 Å². The molecule has 36 heavy (non-hydrogen) atoms. The van der Waals surface area contributed by atoms with E-state index >= 15 is 0 Å². The average Bonchev–Trinajstić information content (AvgIpc) is 2.83. The van der Waals surface area contributed by atoms with Crippen LogP contribution in [-0.2, 0) is 20.4 Å². The molecule has 0 aromatic heterocycles. The van der Waals surface area contributed by atoms with Gasteiger partial charge in [-0.3, -0.25) is 0 Å². The van der Waals surface area contributed by atoms with Crippen LogP contribution in [0.4, 0.5) is 4.79 Å². The number of carbonyl (C=O) groups excluding carboxylic acids is 1. The van der Waals surface area contributed by atoms with Gasteiger partial charge in [0.05, 0.1) is 17.9 Å². The molecule has 0 spiro atoms. The maximum Gasteiger partial charge on any atom is 0.411 e.